The summed E-state index contributed by atoms with van der Waals surface area (Å²) in [4.78, 5) is 24.0. The van der Waals surface area contributed by atoms with Gasteiger partial charge in [-0.1, -0.05) is 30.3 Å². The van der Waals surface area contributed by atoms with E-state index in [0.717, 1.165) is 40.4 Å². The van der Waals surface area contributed by atoms with Gasteiger partial charge in [-0.25, -0.2) is 0 Å². The van der Waals surface area contributed by atoms with Gasteiger partial charge in [0.1, 0.15) is 0 Å². The van der Waals surface area contributed by atoms with Crippen LogP contribution in [0.15, 0.2) is 79.3 Å². The summed E-state index contributed by atoms with van der Waals surface area (Å²) in [5.74, 6) is -0.0378. The number of carbonyl (C=O) groups excluding carboxylic acids is 1. The van der Waals surface area contributed by atoms with Crippen LogP contribution in [0.3, 0.4) is 0 Å². The van der Waals surface area contributed by atoms with Gasteiger partial charge in [-0.05, 0) is 80.0 Å². The van der Waals surface area contributed by atoms with Gasteiger partial charge in [-0.2, -0.15) is 0 Å². The normalized spacial score (nSPS) is 16.9. The second-order valence-corrected chi connectivity index (χ2v) is 10.1. The first-order valence-electron chi connectivity index (χ1n) is 12.8. The highest BCUT2D eigenvalue weighted by atomic mass is 32.1. The first-order chi connectivity index (χ1) is 18.4. The van der Waals surface area contributed by atoms with E-state index in [1.165, 1.54) is 5.56 Å². The van der Waals surface area contributed by atoms with Crippen molar-refractivity contribution in [1.29, 1.82) is 0 Å². The minimum absolute atomic E-state index is 0.0378. The van der Waals surface area contributed by atoms with Gasteiger partial charge >= 0.3 is 0 Å². The van der Waals surface area contributed by atoms with Crippen LogP contribution < -0.4 is 10.6 Å². The van der Waals surface area contributed by atoms with E-state index in [4.69, 9.17) is 12.2 Å². The topological polar surface area (TPSA) is 75.1 Å². The van der Waals surface area contributed by atoms with Crippen molar-refractivity contribution in [3.05, 3.63) is 113 Å². The van der Waals surface area contributed by atoms with Crippen LogP contribution >= 0.6 is 12.2 Å². The van der Waals surface area contributed by atoms with Crippen LogP contribution in [0.4, 0.5) is 5.69 Å². The average Bonchev–Trinajstić information content (AvgIpc) is 3.40. The highest BCUT2D eigenvalue weighted by Gasteiger charge is 2.41. The number of aromatic nitrogens is 3. The molecule has 1 saturated heterocycles. The molecule has 1 amide bonds. The number of amides is 1. The molecule has 0 saturated carbocycles. The third-order valence-electron chi connectivity index (χ3n) is 7.19. The highest BCUT2D eigenvalue weighted by Crippen LogP contribution is 2.41. The Morgan fingerprint density at radius 1 is 1.05 bits per heavy atom. The molecule has 0 unspecified atom stereocenters. The van der Waals surface area contributed by atoms with E-state index in [0.29, 0.717) is 18.1 Å². The number of hydrogen-bond donors (Lipinski definition) is 2. The second kappa shape index (κ2) is 11.1. The Hall–Kier alpha value is -4.04. The van der Waals surface area contributed by atoms with Crippen molar-refractivity contribution in [3.63, 3.8) is 0 Å². The first kappa shape index (κ1) is 25.6. The zero-order valence-electron chi connectivity index (χ0n) is 21.9. The third kappa shape index (κ3) is 5.31. The van der Waals surface area contributed by atoms with Crippen molar-refractivity contribution in [2.24, 2.45) is 0 Å². The lowest BCUT2D eigenvalue weighted by molar-refractivity contribution is -0.116. The maximum Gasteiger partial charge on any atom is 0.226 e. The summed E-state index contributed by atoms with van der Waals surface area (Å²) in [5.41, 5.74) is 7.44. The summed E-state index contributed by atoms with van der Waals surface area (Å²) in [5, 5.41) is 7.18. The van der Waals surface area contributed by atoms with Gasteiger partial charge in [0.2, 0.25) is 5.91 Å². The van der Waals surface area contributed by atoms with Crippen molar-refractivity contribution in [1.82, 2.24) is 24.8 Å². The SMILES string of the molecule is Cc1ccccc1NC(=O)CCN1C(=S)N[C@@H](c2ccccn2)[C@@H]1c1cc(C)n(Cc2cccnc2)c1C. The minimum Gasteiger partial charge on any atom is -0.352 e. The fourth-order valence-electron chi connectivity index (χ4n) is 5.18. The zero-order chi connectivity index (χ0) is 26.6. The lowest BCUT2D eigenvalue weighted by Crippen LogP contribution is -2.33. The minimum atomic E-state index is -0.129. The fourth-order valence-corrected chi connectivity index (χ4v) is 5.51. The molecule has 4 aromatic rings. The summed E-state index contributed by atoms with van der Waals surface area (Å²) in [6, 6.07) is 19.8. The van der Waals surface area contributed by atoms with Gasteiger partial charge in [0.25, 0.3) is 0 Å². The van der Waals surface area contributed by atoms with Crippen LogP contribution in [-0.2, 0) is 11.3 Å². The summed E-state index contributed by atoms with van der Waals surface area (Å²) in [6.45, 7) is 7.50. The van der Waals surface area contributed by atoms with E-state index < -0.39 is 0 Å². The van der Waals surface area contributed by atoms with Gasteiger partial charge in [0.15, 0.2) is 5.11 Å². The largest absolute Gasteiger partial charge is 0.352 e. The molecule has 0 radical (unpaired) electrons. The number of aryl methyl sites for hydroxylation is 2. The van der Waals surface area contributed by atoms with E-state index in [2.05, 4.69) is 56.0 Å². The van der Waals surface area contributed by atoms with Crippen LogP contribution in [0, 0.1) is 20.8 Å². The Balaban J connectivity index is 1.43. The number of rotatable bonds is 8. The maximum absolute atomic E-state index is 12.9. The van der Waals surface area contributed by atoms with Gasteiger partial charge in [0, 0.05) is 55.2 Å². The molecule has 1 aromatic carbocycles. The molecule has 1 aliphatic rings. The van der Waals surface area contributed by atoms with Gasteiger partial charge in [-0.3, -0.25) is 14.8 Å². The molecule has 7 nitrogen and oxygen atoms in total. The van der Waals surface area contributed by atoms with E-state index in [1.807, 2.05) is 61.7 Å². The molecule has 1 fully saturated rings. The van der Waals surface area contributed by atoms with Gasteiger partial charge in [-0.15, -0.1) is 0 Å². The molecule has 3 aromatic heterocycles. The molecule has 4 heterocycles. The molecular weight excluding hydrogens is 492 g/mol. The van der Waals surface area contributed by atoms with Crippen LogP contribution in [0.25, 0.3) is 0 Å². The molecule has 38 heavy (non-hydrogen) atoms. The zero-order valence-corrected chi connectivity index (χ0v) is 22.7. The van der Waals surface area contributed by atoms with E-state index >= 15 is 0 Å². The number of para-hydroxylation sites is 1. The number of benzene rings is 1. The van der Waals surface area contributed by atoms with Gasteiger partial charge < -0.3 is 20.1 Å². The van der Waals surface area contributed by atoms with E-state index in [-0.39, 0.29) is 18.0 Å². The third-order valence-corrected chi connectivity index (χ3v) is 7.54. The van der Waals surface area contributed by atoms with Crippen LogP contribution in [0.2, 0.25) is 0 Å². The lowest BCUT2D eigenvalue weighted by Gasteiger charge is -2.28. The molecule has 2 N–H and O–H groups in total. The van der Waals surface area contributed by atoms with E-state index in [1.54, 1.807) is 12.4 Å². The average molecular weight is 525 g/mol. The monoisotopic (exact) mass is 524 g/mol. The maximum atomic E-state index is 12.9. The number of anilines is 1. The predicted molar refractivity (Wildman–Crippen MR) is 154 cm³/mol. The molecule has 8 heteroatoms. The Morgan fingerprint density at radius 2 is 1.87 bits per heavy atom. The van der Waals surface area contributed by atoms with Gasteiger partial charge in [0.05, 0.1) is 17.8 Å². The summed E-state index contributed by atoms with van der Waals surface area (Å²) in [7, 11) is 0. The first-order valence-corrected chi connectivity index (χ1v) is 13.2. The Morgan fingerprint density at radius 3 is 2.61 bits per heavy atom. The molecule has 5 rings (SSSR count). The lowest BCUT2D eigenvalue weighted by atomic mass is 9.96. The number of thiocarbonyl (C=S) groups is 1. The summed E-state index contributed by atoms with van der Waals surface area (Å²) < 4.78 is 2.31. The van der Waals surface area contributed by atoms with Crippen molar-refractivity contribution in [2.45, 2.75) is 45.8 Å². The summed E-state index contributed by atoms with van der Waals surface area (Å²) in [6.07, 6.45) is 5.82. The van der Waals surface area contributed by atoms with Crippen molar-refractivity contribution >= 4 is 28.9 Å². The van der Waals surface area contributed by atoms with Crippen molar-refractivity contribution in [2.75, 3.05) is 11.9 Å². The van der Waals surface area contributed by atoms with Crippen LogP contribution in [0.1, 0.15) is 52.3 Å². The number of pyridine rings is 2. The summed E-state index contributed by atoms with van der Waals surface area (Å²) >= 11 is 5.83. The Bertz CT molecular complexity index is 1440. The van der Waals surface area contributed by atoms with Crippen molar-refractivity contribution < 1.29 is 4.79 Å². The number of hydrogen-bond acceptors (Lipinski definition) is 4. The fraction of sp³-hybridized carbons (Fsp3) is 0.267. The number of nitrogens with one attached hydrogen (secondary N) is 2. The molecule has 0 bridgehead atoms. The molecule has 0 aliphatic carbocycles. The number of nitrogens with zero attached hydrogens (tertiary/aromatic N) is 4. The Kier molecular flexibility index (Phi) is 7.51. The smallest absolute Gasteiger partial charge is 0.226 e. The Labute approximate surface area is 228 Å². The highest BCUT2D eigenvalue weighted by molar-refractivity contribution is 7.80. The van der Waals surface area contributed by atoms with E-state index in [9.17, 15) is 4.79 Å². The van der Waals surface area contributed by atoms with Crippen molar-refractivity contribution in [3.8, 4) is 0 Å². The standard InChI is InChI=1S/C30H32N6OS/c1-20-9-4-5-11-25(20)33-27(37)13-16-35-29(28(34-30(35)38)26-12-6-7-15-32-26)24-17-21(2)36(22(24)3)19-23-10-8-14-31-18-23/h4-12,14-15,17-18,28-29H,13,16,19H2,1-3H3,(H,33,37)(H,34,38)/t28-,29-/m0/s1. The molecule has 0 spiro atoms. The number of carbonyl (C=O) groups is 1. The second-order valence-electron chi connectivity index (χ2n) is 9.71. The molecule has 194 valence electrons. The predicted octanol–water partition coefficient (Wildman–Crippen LogP) is 5.25. The molecule has 1 aliphatic heterocycles. The quantitative estimate of drug-likeness (QED) is 0.307. The van der Waals surface area contributed by atoms with Crippen LogP contribution in [-0.4, -0.2) is 37.0 Å². The van der Waals surface area contributed by atoms with Crippen LogP contribution in [0.5, 0.6) is 0 Å². The molecule has 2 atom stereocenters. The molecular formula is C30H32N6OS.